The zero-order valence-corrected chi connectivity index (χ0v) is 10.5. The molecule has 0 radical (unpaired) electrons. The van der Waals surface area contributed by atoms with Crippen LogP contribution in [0.1, 0.15) is 26.2 Å². The molecule has 2 heteroatoms. The van der Waals surface area contributed by atoms with Crippen LogP contribution < -0.4 is 0 Å². The van der Waals surface area contributed by atoms with Gasteiger partial charge in [0.1, 0.15) is 0 Å². The monoisotopic (exact) mass is 231 g/mol. The first-order chi connectivity index (χ1) is 8.31. The van der Waals surface area contributed by atoms with E-state index in [9.17, 15) is 0 Å². The highest BCUT2D eigenvalue weighted by Gasteiger charge is 2.01. The second kappa shape index (κ2) is 5.87. The van der Waals surface area contributed by atoms with Crippen LogP contribution in [-0.4, -0.2) is 16.3 Å². The molecule has 2 nitrogen and oxygen atoms in total. The van der Waals surface area contributed by atoms with Gasteiger partial charge in [-0.1, -0.05) is 31.5 Å². The fraction of sp³-hybridized carbons (Fsp3) is 0.467. The number of unbranched alkanes of at least 4 members (excludes halogenated alkanes) is 1. The number of fused-ring (bicyclic) bond motifs is 1. The predicted molar refractivity (Wildman–Crippen MR) is 72.0 cm³/mol. The lowest BCUT2D eigenvalue weighted by Crippen LogP contribution is -2.02. The number of aliphatic hydroxyl groups excluding tert-OH is 1. The topological polar surface area (TPSA) is 25.2 Å². The second-order valence-corrected chi connectivity index (χ2v) is 4.85. The Kier molecular flexibility index (Phi) is 4.21. The number of benzene rings is 1. The Morgan fingerprint density at radius 2 is 2.00 bits per heavy atom. The van der Waals surface area contributed by atoms with Crippen molar-refractivity contribution in [1.82, 2.24) is 4.57 Å². The molecular formula is C15H21NO. The normalized spacial score (nSPS) is 13.1. The number of aryl methyl sites for hydroxylation is 1. The van der Waals surface area contributed by atoms with Crippen LogP contribution in [0.3, 0.4) is 0 Å². The molecule has 1 aromatic heterocycles. The standard InChI is InChI=1S/C15H21NO/c1-13(12-17)6-4-5-10-16-11-9-14-7-2-3-8-15(14)16/h2-3,7-9,11,13,17H,4-6,10,12H2,1H3/t13-/m0/s1. The number of hydrogen-bond acceptors (Lipinski definition) is 1. The average Bonchev–Trinajstić information content (AvgIpc) is 2.78. The Labute approximate surface area is 103 Å². The Morgan fingerprint density at radius 3 is 2.82 bits per heavy atom. The molecular weight excluding hydrogens is 210 g/mol. The van der Waals surface area contributed by atoms with Crippen molar-refractivity contribution in [3.63, 3.8) is 0 Å². The Morgan fingerprint density at radius 1 is 1.18 bits per heavy atom. The van der Waals surface area contributed by atoms with Gasteiger partial charge in [0.2, 0.25) is 0 Å². The van der Waals surface area contributed by atoms with Crippen molar-refractivity contribution in [1.29, 1.82) is 0 Å². The van der Waals surface area contributed by atoms with E-state index < -0.39 is 0 Å². The maximum Gasteiger partial charge on any atom is 0.0480 e. The molecule has 17 heavy (non-hydrogen) atoms. The number of para-hydroxylation sites is 1. The Hall–Kier alpha value is -1.28. The van der Waals surface area contributed by atoms with Gasteiger partial charge in [-0.2, -0.15) is 0 Å². The zero-order chi connectivity index (χ0) is 12.1. The van der Waals surface area contributed by atoms with Crippen LogP contribution >= 0.6 is 0 Å². The molecule has 2 rings (SSSR count). The lowest BCUT2D eigenvalue weighted by Gasteiger charge is -2.08. The Bertz CT molecular complexity index is 461. The van der Waals surface area contributed by atoms with Gasteiger partial charge in [-0.05, 0) is 36.3 Å². The molecule has 1 atom stereocenters. The SMILES string of the molecule is C[C@H](CO)CCCCn1ccc2ccccc21. The summed E-state index contributed by atoms with van der Waals surface area (Å²) >= 11 is 0. The molecule has 0 spiro atoms. The highest BCUT2D eigenvalue weighted by atomic mass is 16.3. The summed E-state index contributed by atoms with van der Waals surface area (Å²) in [6, 6.07) is 10.7. The molecule has 0 aliphatic heterocycles. The van der Waals surface area contributed by atoms with E-state index in [1.807, 2.05) is 0 Å². The molecule has 0 aliphatic carbocycles. The molecule has 0 unspecified atom stereocenters. The third-order valence-corrected chi connectivity index (χ3v) is 3.34. The summed E-state index contributed by atoms with van der Waals surface area (Å²) in [7, 11) is 0. The van der Waals surface area contributed by atoms with Crippen molar-refractivity contribution in [2.45, 2.75) is 32.7 Å². The molecule has 92 valence electrons. The van der Waals surface area contributed by atoms with E-state index >= 15 is 0 Å². The van der Waals surface area contributed by atoms with Crippen LogP contribution in [0.2, 0.25) is 0 Å². The van der Waals surface area contributed by atoms with Gasteiger partial charge in [0.05, 0.1) is 0 Å². The minimum atomic E-state index is 0.312. The van der Waals surface area contributed by atoms with Gasteiger partial charge in [0.15, 0.2) is 0 Å². The van der Waals surface area contributed by atoms with Gasteiger partial charge in [-0.3, -0.25) is 0 Å². The molecule has 1 heterocycles. The van der Waals surface area contributed by atoms with Crippen molar-refractivity contribution in [3.8, 4) is 0 Å². The fourth-order valence-electron chi connectivity index (χ4n) is 2.20. The van der Waals surface area contributed by atoms with E-state index in [1.165, 1.54) is 23.7 Å². The molecule has 1 aromatic carbocycles. The van der Waals surface area contributed by atoms with Crippen molar-refractivity contribution >= 4 is 10.9 Å². The van der Waals surface area contributed by atoms with E-state index in [1.54, 1.807) is 0 Å². The third kappa shape index (κ3) is 3.10. The summed E-state index contributed by atoms with van der Waals surface area (Å²) in [6.07, 6.45) is 5.66. The maximum absolute atomic E-state index is 8.95. The van der Waals surface area contributed by atoms with Crippen LogP contribution in [0, 0.1) is 5.92 Å². The average molecular weight is 231 g/mol. The number of nitrogens with zero attached hydrogens (tertiary/aromatic N) is 1. The maximum atomic E-state index is 8.95. The smallest absolute Gasteiger partial charge is 0.0480 e. The van der Waals surface area contributed by atoms with Gasteiger partial charge < -0.3 is 9.67 Å². The molecule has 0 aliphatic rings. The van der Waals surface area contributed by atoms with E-state index in [0.29, 0.717) is 12.5 Å². The van der Waals surface area contributed by atoms with Crippen molar-refractivity contribution in [2.75, 3.05) is 6.61 Å². The van der Waals surface area contributed by atoms with Crippen LogP contribution in [0.15, 0.2) is 36.5 Å². The minimum Gasteiger partial charge on any atom is -0.396 e. The van der Waals surface area contributed by atoms with E-state index in [4.69, 9.17) is 5.11 Å². The minimum absolute atomic E-state index is 0.312. The zero-order valence-electron chi connectivity index (χ0n) is 10.5. The molecule has 0 amide bonds. The first kappa shape index (κ1) is 12.2. The summed E-state index contributed by atoms with van der Waals surface area (Å²) in [5.41, 5.74) is 1.32. The second-order valence-electron chi connectivity index (χ2n) is 4.85. The van der Waals surface area contributed by atoms with Crippen LogP contribution in [-0.2, 0) is 6.54 Å². The summed E-state index contributed by atoms with van der Waals surface area (Å²) in [5, 5.41) is 10.3. The Balaban J connectivity index is 1.87. The van der Waals surface area contributed by atoms with Crippen LogP contribution in [0.4, 0.5) is 0 Å². The first-order valence-electron chi connectivity index (χ1n) is 6.46. The number of aliphatic hydroxyl groups is 1. The predicted octanol–water partition coefficient (Wildman–Crippen LogP) is 3.44. The first-order valence-corrected chi connectivity index (χ1v) is 6.46. The van der Waals surface area contributed by atoms with E-state index in [2.05, 4.69) is 48.0 Å². The summed E-state index contributed by atoms with van der Waals surface area (Å²) < 4.78 is 2.32. The summed E-state index contributed by atoms with van der Waals surface area (Å²) in [4.78, 5) is 0. The van der Waals surface area contributed by atoms with Crippen molar-refractivity contribution in [2.24, 2.45) is 5.92 Å². The van der Waals surface area contributed by atoms with Crippen molar-refractivity contribution in [3.05, 3.63) is 36.5 Å². The largest absolute Gasteiger partial charge is 0.396 e. The fourth-order valence-corrected chi connectivity index (χ4v) is 2.20. The van der Waals surface area contributed by atoms with Gasteiger partial charge in [-0.25, -0.2) is 0 Å². The van der Waals surface area contributed by atoms with E-state index in [0.717, 1.165) is 13.0 Å². The van der Waals surface area contributed by atoms with Crippen LogP contribution in [0.25, 0.3) is 10.9 Å². The third-order valence-electron chi connectivity index (χ3n) is 3.34. The number of aromatic nitrogens is 1. The lowest BCUT2D eigenvalue weighted by atomic mass is 10.1. The quantitative estimate of drug-likeness (QED) is 0.757. The lowest BCUT2D eigenvalue weighted by molar-refractivity contribution is 0.227. The summed E-state index contributed by atoms with van der Waals surface area (Å²) in [5.74, 6) is 0.441. The molecule has 2 aromatic rings. The van der Waals surface area contributed by atoms with Gasteiger partial charge in [0.25, 0.3) is 0 Å². The van der Waals surface area contributed by atoms with Gasteiger partial charge in [0, 0.05) is 24.9 Å². The molecule has 0 saturated heterocycles. The molecule has 0 fully saturated rings. The van der Waals surface area contributed by atoms with Crippen molar-refractivity contribution < 1.29 is 5.11 Å². The van der Waals surface area contributed by atoms with E-state index in [-0.39, 0.29) is 0 Å². The van der Waals surface area contributed by atoms with Crippen LogP contribution in [0.5, 0.6) is 0 Å². The van der Waals surface area contributed by atoms with Gasteiger partial charge in [-0.15, -0.1) is 0 Å². The number of hydrogen-bond donors (Lipinski definition) is 1. The highest BCUT2D eigenvalue weighted by molar-refractivity contribution is 5.79. The molecule has 1 N–H and O–H groups in total. The van der Waals surface area contributed by atoms with Gasteiger partial charge >= 0.3 is 0 Å². The highest BCUT2D eigenvalue weighted by Crippen LogP contribution is 2.16. The summed E-state index contributed by atoms with van der Waals surface area (Å²) in [6.45, 7) is 3.49. The molecule has 0 saturated carbocycles. The number of rotatable bonds is 6. The molecule has 0 bridgehead atoms.